The van der Waals surface area contributed by atoms with Crippen LogP contribution in [-0.2, 0) is 26.5 Å². The van der Waals surface area contributed by atoms with Crippen LogP contribution in [0.2, 0.25) is 0 Å². The molecular weight excluding hydrogens is 848 g/mol. The molecule has 63 heavy (non-hydrogen) atoms. The zero-order valence-electron chi connectivity index (χ0n) is 35.5. The van der Waals surface area contributed by atoms with Gasteiger partial charge in [-0.1, -0.05) is 50.4 Å². The number of benzene rings is 4. The molecule has 0 aliphatic rings. The number of hydrogen-bond donors (Lipinski definition) is 0. The largest absolute Gasteiger partial charge is 0.680 e. The molecular formula is C50H50FeO12-6. The third kappa shape index (κ3) is 15.9. The van der Waals surface area contributed by atoms with Crippen LogP contribution in [0.1, 0.15) is 93.8 Å². The monoisotopic (exact) mass is 898 g/mol. The number of rotatable bonds is 20. The summed E-state index contributed by atoms with van der Waals surface area (Å²) < 4.78 is 43.8. The number of carbonyl (C=O) groups is 4. The smallest absolute Gasteiger partial charge is 0.343 e. The summed E-state index contributed by atoms with van der Waals surface area (Å²) in [4.78, 5) is 49.7. The quantitative estimate of drug-likeness (QED) is 0.0237. The Morgan fingerprint density at radius 2 is 0.952 bits per heavy atom. The first-order valence-electron chi connectivity index (χ1n) is 20.3. The Morgan fingerprint density at radius 1 is 0.540 bits per heavy atom. The van der Waals surface area contributed by atoms with E-state index in [1.54, 1.807) is 160 Å². The molecule has 0 aliphatic heterocycles. The third-order valence-electron chi connectivity index (χ3n) is 9.07. The van der Waals surface area contributed by atoms with Crippen molar-refractivity contribution >= 4 is 23.9 Å². The van der Waals surface area contributed by atoms with E-state index in [9.17, 15) is 19.2 Å². The van der Waals surface area contributed by atoms with Crippen LogP contribution in [0.15, 0.2) is 146 Å². The van der Waals surface area contributed by atoms with E-state index in [0.717, 1.165) is 25.7 Å². The van der Waals surface area contributed by atoms with Crippen LogP contribution in [0, 0.1) is 0 Å². The molecule has 0 fully saturated rings. The third-order valence-corrected chi connectivity index (χ3v) is 9.07. The summed E-state index contributed by atoms with van der Waals surface area (Å²) >= 11 is 0. The van der Waals surface area contributed by atoms with Crippen LogP contribution in [0.4, 0.5) is 0 Å². The van der Waals surface area contributed by atoms with E-state index in [-0.39, 0.29) is 17.1 Å². The fourth-order valence-electron chi connectivity index (χ4n) is 5.74. The Bertz CT molecular complexity index is 2120. The molecule has 0 spiro atoms. The molecule has 0 radical (unpaired) electrons. The molecule has 0 aromatic heterocycles. The molecule has 0 heterocycles. The zero-order valence-corrected chi connectivity index (χ0v) is 36.6. The van der Waals surface area contributed by atoms with Gasteiger partial charge >= 0.3 is 11.9 Å². The van der Waals surface area contributed by atoms with E-state index in [2.05, 4.69) is 0 Å². The Balaban J connectivity index is 0.000000272. The van der Waals surface area contributed by atoms with Crippen LogP contribution in [0.3, 0.4) is 0 Å². The van der Waals surface area contributed by atoms with Gasteiger partial charge in [0.25, 0.3) is 5.97 Å². The van der Waals surface area contributed by atoms with Crippen LogP contribution in [-0.4, -0.2) is 50.7 Å². The normalized spacial score (nSPS) is 11.2. The maximum Gasteiger partial charge on any atom is 0.343 e. The van der Waals surface area contributed by atoms with Crippen LogP contribution in [0.5, 0.6) is 34.5 Å². The van der Waals surface area contributed by atoms with Gasteiger partial charge in [0.05, 0.1) is 25.3 Å². The predicted octanol–water partition coefficient (Wildman–Crippen LogP) is 10.8. The molecule has 0 aliphatic carbocycles. The van der Waals surface area contributed by atoms with Gasteiger partial charge in [-0.25, -0.2) is 21.7 Å². The molecule has 2 atom stereocenters. The molecule has 0 N–H and O–H groups in total. The number of unbranched alkanes of at least 4 members (excludes halogenated alkanes) is 2. The van der Waals surface area contributed by atoms with E-state index in [0.29, 0.717) is 69.6 Å². The average molecular weight is 899 g/mol. The van der Waals surface area contributed by atoms with Gasteiger partial charge in [-0.2, -0.15) is 12.1 Å². The van der Waals surface area contributed by atoms with Gasteiger partial charge in [0.2, 0.25) is 12.6 Å². The molecule has 6 rings (SSSR count). The Morgan fingerprint density at radius 3 is 1.37 bits per heavy atom. The summed E-state index contributed by atoms with van der Waals surface area (Å²) in [5, 5.41) is 0. The number of ether oxygens (including phenoxy) is 8. The second-order valence-corrected chi connectivity index (χ2v) is 13.7. The van der Waals surface area contributed by atoms with Crippen molar-refractivity contribution in [3.8, 4) is 34.5 Å². The molecule has 6 aromatic rings. The van der Waals surface area contributed by atoms with E-state index < -0.39 is 36.5 Å². The standard InChI is InChI=1S/2C25H25O6.Fe/c2*1-3-4-12-23(31-24(26)18-8-5-6-9-18)29-22-11-7-10-19(17-22)25(27)30-21-15-13-20(28-2)14-16-21;/h2*5-11,13-17,23H,3-4,12H2,1-2H3;/q-5;-1;. The van der Waals surface area contributed by atoms with Crippen LogP contribution >= 0.6 is 0 Å². The SMILES string of the molecule is CCCCC(OC(=O)[c-]1[cH-][cH-][cH-][cH-]1)Oc1cccc(C(=O)Oc2ccc(OC)cc2)c1.CCCCC(OC(=O)[c-]1cccc1)Oc1cccc(C(=O)Oc2ccc(OC)cc2)c1.[Fe]. The van der Waals surface area contributed by atoms with Gasteiger partial charge < -0.3 is 72.5 Å². The Hall–Kier alpha value is -6.82. The van der Waals surface area contributed by atoms with Crippen molar-refractivity contribution in [2.24, 2.45) is 0 Å². The van der Waals surface area contributed by atoms with Crippen molar-refractivity contribution in [1.82, 2.24) is 0 Å². The molecule has 0 amide bonds. The Kier molecular flexibility index (Phi) is 20.0. The number of methoxy groups -OCH3 is 2. The van der Waals surface area contributed by atoms with Crippen molar-refractivity contribution in [1.29, 1.82) is 0 Å². The van der Waals surface area contributed by atoms with Crippen LogP contribution < -0.4 is 28.4 Å². The average Bonchev–Trinajstić information content (AvgIpc) is 4.05. The van der Waals surface area contributed by atoms with Crippen molar-refractivity contribution < 1.29 is 74.1 Å². The fourth-order valence-corrected chi connectivity index (χ4v) is 5.74. The molecule has 6 aromatic carbocycles. The van der Waals surface area contributed by atoms with Gasteiger partial charge in [-0.3, -0.25) is 4.79 Å². The minimum absolute atomic E-state index is 0. The van der Waals surface area contributed by atoms with E-state index >= 15 is 0 Å². The topological polar surface area (TPSA) is 142 Å². The number of hydrogen-bond acceptors (Lipinski definition) is 12. The van der Waals surface area contributed by atoms with Gasteiger partial charge in [-0.05, 0) is 97.8 Å². The Labute approximate surface area is 378 Å². The fraction of sp³-hybridized carbons (Fsp3) is 0.240. The van der Waals surface area contributed by atoms with E-state index in [4.69, 9.17) is 37.9 Å². The second kappa shape index (κ2) is 25.8. The minimum Gasteiger partial charge on any atom is -0.680 e. The first-order valence-corrected chi connectivity index (χ1v) is 20.3. The number of esters is 4. The van der Waals surface area contributed by atoms with E-state index in [1.807, 2.05) is 13.8 Å². The van der Waals surface area contributed by atoms with Gasteiger partial charge in [0, 0.05) is 29.9 Å². The van der Waals surface area contributed by atoms with Gasteiger partial charge in [0.15, 0.2) is 0 Å². The summed E-state index contributed by atoms with van der Waals surface area (Å²) in [6, 6.07) is 40.5. The zero-order chi connectivity index (χ0) is 44.1. The molecule has 0 saturated heterocycles. The summed E-state index contributed by atoms with van der Waals surface area (Å²) in [6.07, 6.45) is 3.11. The van der Waals surface area contributed by atoms with Gasteiger partial charge in [-0.15, -0.1) is 0 Å². The predicted molar refractivity (Wildman–Crippen MR) is 232 cm³/mol. The molecule has 13 heteroatoms. The van der Waals surface area contributed by atoms with Crippen molar-refractivity contribution in [2.75, 3.05) is 14.2 Å². The summed E-state index contributed by atoms with van der Waals surface area (Å²) in [5.41, 5.74) is 1.60. The minimum atomic E-state index is -0.754. The summed E-state index contributed by atoms with van der Waals surface area (Å²) in [7, 11) is 3.13. The summed E-state index contributed by atoms with van der Waals surface area (Å²) in [5.74, 6) is 1.06. The second-order valence-electron chi connectivity index (χ2n) is 13.7. The maximum atomic E-state index is 12.5. The molecule has 336 valence electrons. The van der Waals surface area contributed by atoms with Crippen molar-refractivity contribution in [3.05, 3.63) is 168 Å². The molecule has 2 unspecified atom stereocenters. The first kappa shape index (κ1) is 48.8. The summed E-state index contributed by atoms with van der Waals surface area (Å²) in [6.45, 7) is 4.09. The number of carbonyl (C=O) groups excluding carboxylic acids is 4. The van der Waals surface area contributed by atoms with Crippen LogP contribution in [0.25, 0.3) is 0 Å². The molecule has 0 bridgehead atoms. The first-order chi connectivity index (χ1) is 30.2. The maximum absolute atomic E-state index is 12.5. The van der Waals surface area contributed by atoms with Gasteiger partial charge in [0.1, 0.15) is 34.5 Å². The molecule has 12 nitrogen and oxygen atoms in total. The molecule has 0 saturated carbocycles. The van der Waals surface area contributed by atoms with E-state index in [1.165, 1.54) is 0 Å². The van der Waals surface area contributed by atoms with Crippen molar-refractivity contribution in [2.45, 2.75) is 65.0 Å². The van der Waals surface area contributed by atoms with Crippen molar-refractivity contribution in [3.63, 3.8) is 0 Å².